The van der Waals surface area contributed by atoms with Gasteiger partial charge >= 0.3 is 0 Å². The van der Waals surface area contributed by atoms with E-state index in [2.05, 4.69) is 5.32 Å². The maximum absolute atomic E-state index is 11.6. The second kappa shape index (κ2) is 5.90. The zero-order chi connectivity index (χ0) is 13.3. The van der Waals surface area contributed by atoms with Gasteiger partial charge in [-0.25, -0.2) is 0 Å². The lowest BCUT2D eigenvalue weighted by Gasteiger charge is -2.24. The number of amides is 1. The number of aromatic hydroxyl groups is 1. The van der Waals surface area contributed by atoms with Gasteiger partial charge in [0.05, 0.1) is 21.2 Å². The van der Waals surface area contributed by atoms with Gasteiger partial charge in [0.1, 0.15) is 5.75 Å². The number of anilines is 1. The van der Waals surface area contributed by atoms with Crippen LogP contribution in [-0.2, 0) is 4.79 Å². The van der Waals surface area contributed by atoms with Gasteiger partial charge in [-0.1, -0.05) is 0 Å². The van der Waals surface area contributed by atoms with E-state index in [9.17, 15) is 9.90 Å². The smallest absolute Gasteiger partial charge is 0.234 e. The average molecular weight is 319 g/mol. The molecule has 0 aliphatic carbocycles. The van der Waals surface area contributed by atoms with Crippen molar-refractivity contribution in [3.8, 4) is 5.75 Å². The molecule has 18 heavy (non-hydrogen) atoms. The summed E-state index contributed by atoms with van der Waals surface area (Å²) < 4.78 is 0. The average Bonchev–Trinajstić information content (AvgIpc) is 2.37. The number of phenols is 1. The topological polar surface area (TPSA) is 49.3 Å². The number of hydrogen-bond donors (Lipinski definition) is 2. The Hall–Kier alpha value is -0.110. The first-order chi connectivity index (χ1) is 8.63. The van der Waals surface area contributed by atoms with Crippen molar-refractivity contribution in [3.63, 3.8) is 0 Å². The molecule has 0 aromatic heterocycles. The van der Waals surface area contributed by atoms with E-state index in [1.807, 2.05) is 18.8 Å². The Kier molecular flexibility index (Phi) is 4.69. The maximum Gasteiger partial charge on any atom is 0.234 e. The van der Waals surface area contributed by atoms with Crippen molar-refractivity contribution in [1.82, 2.24) is 0 Å². The molecule has 0 saturated heterocycles. The molecule has 1 aliphatic heterocycles. The van der Waals surface area contributed by atoms with Gasteiger partial charge in [-0.3, -0.25) is 4.79 Å². The van der Waals surface area contributed by atoms with E-state index in [0.29, 0.717) is 11.5 Å². The van der Waals surface area contributed by atoms with Crippen LogP contribution < -0.4 is 5.32 Å². The fraction of sp³-hybridized carbons (Fsp3) is 0.364. The molecule has 1 aromatic carbocycles. The molecule has 1 heterocycles. The van der Waals surface area contributed by atoms with E-state index < -0.39 is 0 Å². The summed E-state index contributed by atoms with van der Waals surface area (Å²) in [4.78, 5) is 15.2. The predicted molar refractivity (Wildman–Crippen MR) is 82.8 cm³/mol. The Morgan fingerprint density at radius 2 is 1.72 bits per heavy atom. The minimum Gasteiger partial charge on any atom is -0.506 e. The third-order valence-corrected chi connectivity index (χ3v) is 6.31. The molecule has 2 rings (SSSR count). The van der Waals surface area contributed by atoms with Gasteiger partial charge in [0.2, 0.25) is 5.91 Å². The molecular formula is C11H13NO2S4. The van der Waals surface area contributed by atoms with Gasteiger partial charge in [-0.2, -0.15) is 0 Å². The van der Waals surface area contributed by atoms with Crippen molar-refractivity contribution >= 4 is 58.6 Å². The van der Waals surface area contributed by atoms with Crippen molar-refractivity contribution in [1.29, 1.82) is 0 Å². The fourth-order valence-electron chi connectivity index (χ4n) is 1.79. The minimum atomic E-state index is 0.0209. The molecule has 0 bridgehead atoms. The number of hydrogen-bond acceptors (Lipinski definition) is 6. The van der Waals surface area contributed by atoms with E-state index in [1.54, 1.807) is 11.8 Å². The normalized spacial score (nSPS) is 14.3. The summed E-state index contributed by atoms with van der Waals surface area (Å²) in [6.45, 7) is 0. The highest BCUT2D eigenvalue weighted by molar-refractivity contribution is 8.03. The Bertz CT molecular complexity index is 479. The second-order valence-corrected chi connectivity index (χ2v) is 6.92. The zero-order valence-electron chi connectivity index (χ0n) is 10.2. The van der Waals surface area contributed by atoms with Gasteiger partial charge in [0, 0.05) is 9.79 Å². The molecule has 7 heteroatoms. The molecule has 1 aliphatic rings. The fourth-order valence-corrected chi connectivity index (χ4v) is 5.52. The first-order valence-corrected chi connectivity index (χ1v) is 9.77. The number of carbonyl (C=O) groups is 1. The molecule has 0 radical (unpaired) electrons. The zero-order valence-corrected chi connectivity index (χ0v) is 13.5. The third-order valence-electron chi connectivity index (χ3n) is 2.52. The quantitative estimate of drug-likeness (QED) is 0.656. The van der Waals surface area contributed by atoms with E-state index in [1.165, 1.54) is 35.3 Å². The van der Waals surface area contributed by atoms with Crippen molar-refractivity contribution in [2.75, 3.05) is 29.8 Å². The molecular weight excluding hydrogens is 306 g/mol. The summed E-state index contributed by atoms with van der Waals surface area (Å²) in [6, 6.07) is 0. The van der Waals surface area contributed by atoms with Crippen LogP contribution in [0.1, 0.15) is 0 Å². The first-order valence-electron chi connectivity index (χ1n) is 5.11. The first kappa shape index (κ1) is 14.3. The predicted octanol–water partition coefficient (Wildman–Crippen LogP) is 3.60. The molecule has 1 amide bonds. The van der Waals surface area contributed by atoms with Gasteiger partial charge < -0.3 is 10.4 Å². The maximum atomic E-state index is 11.6. The minimum absolute atomic E-state index is 0.0209. The van der Waals surface area contributed by atoms with E-state index in [0.717, 1.165) is 25.3 Å². The van der Waals surface area contributed by atoms with Gasteiger partial charge in [-0.15, -0.1) is 47.0 Å². The molecule has 0 unspecified atom stereocenters. The summed E-state index contributed by atoms with van der Waals surface area (Å²) in [5.74, 6) is 0.765. The van der Waals surface area contributed by atoms with Crippen LogP contribution in [0.15, 0.2) is 19.6 Å². The van der Waals surface area contributed by atoms with Crippen molar-refractivity contribution in [2.24, 2.45) is 0 Å². The lowest BCUT2D eigenvalue weighted by molar-refractivity contribution is -0.113. The number of carbonyl (C=O) groups excluding carboxylic acids is 1. The lowest BCUT2D eigenvalue weighted by Crippen LogP contribution is -2.20. The number of benzene rings is 1. The summed E-state index contributed by atoms with van der Waals surface area (Å²) in [6.07, 6.45) is 5.83. The van der Waals surface area contributed by atoms with Crippen molar-refractivity contribution in [2.45, 2.75) is 19.6 Å². The monoisotopic (exact) mass is 319 g/mol. The molecule has 0 spiro atoms. The largest absolute Gasteiger partial charge is 0.506 e. The van der Waals surface area contributed by atoms with Crippen LogP contribution in [0.3, 0.4) is 0 Å². The molecule has 0 saturated carbocycles. The number of nitrogens with one attached hydrogen (secondary N) is 1. The van der Waals surface area contributed by atoms with Crippen LogP contribution in [0, 0.1) is 0 Å². The Labute approximate surface area is 123 Å². The van der Waals surface area contributed by atoms with Crippen LogP contribution in [0.2, 0.25) is 0 Å². The highest BCUT2D eigenvalue weighted by Crippen LogP contribution is 2.53. The van der Waals surface area contributed by atoms with Crippen LogP contribution in [0.5, 0.6) is 5.75 Å². The Balaban J connectivity index is 2.73. The molecule has 2 N–H and O–H groups in total. The number of rotatable bonds is 3. The molecule has 0 atom stereocenters. The van der Waals surface area contributed by atoms with Crippen molar-refractivity contribution in [3.05, 3.63) is 0 Å². The highest BCUT2D eigenvalue weighted by atomic mass is 32.2. The lowest BCUT2D eigenvalue weighted by atomic mass is 10.2. The summed E-state index contributed by atoms with van der Waals surface area (Å²) >= 11 is 6.07. The van der Waals surface area contributed by atoms with Gasteiger partial charge in [0.25, 0.3) is 0 Å². The summed E-state index contributed by atoms with van der Waals surface area (Å²) in [5, 5.41) is 13.3. The number of phenolic OH excluding ortho intramolecular Hbond substituents is 1. The van der Waals surface area contributed by atoms with Crippen LogP contribution in [0.4, 0.5) is 5.69 Å². The van der Waals surface area contributed by atoms with Crippen LogP contribution in [0.25, 0.3) is 0 Å². The van der Waals surface area contributed by atoms with E-state index in [-0.39, 0.29) is 5.91 Å². The Morgan fingerprint density at radius 1 is 1.11 bits per heavy atom. The summed E-state index contributed by atoms with van der Waals surface area (Å²) in [7, 11) is 0. The number of thioether (sulfide) groups is 4. The SMILES string of the molecule is CSc1c(O)c(SC)c2c(c1SC)NC(=O)CS2. The van der Waals surface area contributed by atoms with E-state index in [4.69, 9.17) is 0 Å². The van der Waals surface area contributed by atoms with Crippen LogP contribution >= 0.6 is 47.0 Å². The molecule has 1 aromatic rings. The van der Waals surface area contributed by atoms with E-state index >= 15 is 0 Å². The molecule has 3 nitrogen and oxygen atoms in total. The molecule has 98 valence electrons. The van der Waals surface area contributed by atoms with Gasteiger partial charge in [-0.05, 0) is 18.8 Å². The van der Waals surface area contributed by atoms with Gasteiger partial charge in [0.15, 0.2) is 0 Å². The number of fused-ring (bicyclic) bond motifs is 1. The molecule has 0 fully saturated rings. The summed E-state index contributed by atoms with van der Waals surface area (Å²) in [5.41, 5.74) is 0.857. The Morgan fingerprint density at radius 3 is 2.28 bits per heavy atom. The highest BCUT2D eigenvalue weighted by Gasteiger charge is 2.27. The second-order valence-electron chi connectivity index (χ2n) is 3.49. The van der Waals surface area contributed by atoms with Crippen LogP contribution in [-0.4, -0.2) is 35.5 Å². The van der Waals surface area contributed by atoms with Crippen molar-refractivity contribution < 1.29 is 9.90 Å². The third kappa shape index (κ3) is 2.33. The standard InChI is InChI=1S/C11H13NO2S4/c1-15-8-6-9(18-4-5(13)12-6)11(17-3)7(14)10(8)16-2/h14H,4H2,1-3H3,(H,12,13).